The molecule has 2 heterocycles. The Bertz CT molecular complexity index is 338. The highest BCUT2D eigenvalue weighted by Crippen LogP contribution is 2.16. The molecule has 0 aliphatic carbocycles. The lowest BCUT2D eigenvalue weighted by Gasteiger charge is -2.26. The zero-order valence-corrected chi connectivity index (χ0v) is 12.9. The van der Waals surface area contributed by atoms with Crippen LogP contribution in [-0.4, -0.2) is 50.3 Å². The third kappa shape index (κ3) is 4.97. The molecule has 21 heavy (non-hydrogen) atoms. The Morgan fingerprint density at radius 1 is 0.952 bits per heavy atom. The number of nitrogens with one attached hydrogen (secondary N) is 2. The quantitative estimate of drug-likeness (QED) is 0.753. The smallest absolute Gasteiger partial charge is 0.249 e. The van der Waals surface area contributed by atoms with E-state index in [4.69, 9.17) is 9.47 Å². The van der Waals surface area contributed by atoms with Gasteiger partial charge in [-0.3, -0.25) is 9.59 Å². The van der Waals surface area contributed by atoms with Crippen LogP contribution >= 0.6 is 0 Å². The first-order valence-corrected chi connectivity index (χ1v) is 7.77. The van der Waals surface area contributed by atoms with Crippen LogP contribution < -0.4 is 10.6 Å². The maximum absolute atomic E-state index is 11.9. The minimum absolute atomic E-state index is 0.0500. The number of amides is 2. The van der Waals surface area contributed by atoms with Crippen molar-refractivity contribution in [1.82, 2.24) is 10.6 Å². The van der Waals surface area contributed by atoms with E-state index < -0.39 is 0 Å². The summed E-state index contributed by atoms with van der Waals surface area (Å²) < 4.78 is 10.7. The minimum atomic E-state index is -0.303. The molecule has 0 aromatic carbocycles. The van der Waals surface area contributed by atoms with Crippen molar-refractivity contribution in [2.24, 2.45) is 5.41 Å². The summed E-state index contributed by atoms with van der Waals surface area (Å²) in [5.74, 6) is -0.0999. The van der Waals surface area contributed by atoms with Crippen LogP contribution in [-0.2, 0) is 19.1 Å². The second-order valence-corrected chi connectivity index (χ2v) is 6.60. The molecule has 2 aliphatic rings. The van der Waals surface area contributed by atoms with Gasteiger partial charge in [0.25, 0.3) is 0 Å². The predicted octanol–water partition coefficient (Wildman–Crippen LogP) is 0.603. The average Bonchev–Trinajstić information content (AvgIpc) is 3.14. The fraction of sp³-hybridized carbons (Fsp3) is 0.867. The topological polar surface area (TPSA) is 76.7 Å². The van der Waals surface area contributed by atoms with Crippen LogP contribution in [0.5, 0.6) is 0 Å². The zero-order valence-electron chi connectivity index (χ0n) is 12.9. The molecule has 0 aromatic rings. The predicted molar refractivity (Wildman–Crippen MR) is 77.7 cm³/mol. The van der Waals surface area contributed by atoms with Gasteiger partial charge in [-0.1, -0.05) is 13.8 Å². The van der Waals surface area contributed by atoms with E-state index in [1.165, 1.54) is 0 Å². The molecule has 0 bridgehead atoms. The maximum Gasteiger partial charge on any atom is 0.249 e. The number of ether oxygens (including phenoxy) is 2. The molecule has 120 valence electrons. The molecule has 2 saturated heterocycles. The molecule has 2 rings (SSSR count). The summed E-state index contributed by atoms with van der Waals surface area (Å²) in [5, 5.41) is 5.82. The normalized spacial score (nSPS) is 25.8. The van der Waals surface area contributed by atoms with Gasteiger partial charge in [0.05, 0.1) is 0 Å². The van der Waals surface area contributed by atoms with Crippen LogP contribution in [0.25, 0.3) is 0 Å². The lowest BCUT2D eigenvalue weighted by Crippen LogP contribution is -2.46. The van der Waals surface area contributed by atoms with Gasteiger partial charge in [0.15, 0.2) is 0 Å². The van der Waals surface area contributed by atoms with Crippen molar-refractivity contribution in [2.75, 3.05) is 26.3 Å². The molecule has 2 amide bonds. The first-order chi connectivity index (χ1) is 9.98. The average molecular weight is 298 g/mol. The molecular formula is C15H26N2O4. The molecular weight excluding hydrogens is 272 g/mol. The van der Waals surface area contributed by atoms with E-state index in [0.717, 1.165) is 25.7 Å². The highest BCUT2D eigenvalue weighted by molar-refractivity contribution is 5.81. The van der Waals surface area contributed by atoms with Crippen LogP contribution in [0.4, 0.5) is 0 Å². The summed E-state index contributed by atoms with van der Waals surface area (Å²) in [6, 6.07) is 0. The fourth-order valence-corrected chi connectivity index (χ4v) is 2.51. The Balaban J connectivity index is 1.68. The lowest BCUT2D eigenvalue weighted by molar-refractivity contribution is -0.130. The number of hydrogen-bond acceptors (Lipinski definition) is 4. The Labute approximate surface area is 125 Å². The Hall–Kier alpha value is -1.14. The summed E-state index contributed by atoms with van der Waals surface area (Å²) in [4.78, 5) is 23.8. The highest BCUT2D eigenvalue weighted by atomic mass is 16.5. The largest absolute Gasteiger partial charge is 0.368 e. The van der Waals surface area contributed by atoms with Crippen LogP contribution in [0.1, 0.15) is 39.5 Å². The summed E-state index contributed by atoms with van der Waals surface area (Å²) in [6.45, 7) is 6.38. The van der Waals surface area contributed by atoms with Crippen molar-refractivity contribution in [1.29, 1.82) is 0 Å². The highest BCUT2D eigenvalue weighted by Gasteiger charge is 2.28. The third-order valence-electron chi connectivity index (χ3n) is 3.93. The Kier molecular flexibility index (Phi) is 5.58. The van der Waals surface area contributed by atoms with Crippen LogP contribution in [0.2, 0.25) is 0 Å². The standard InChI is InChI=1S/C15H26N2O4/c1-15(2,9-16-13(18)11-5-3-7-20-11)10-17-14(19)12-6-4-8-21-12/h11-12H,3-10H2,1-2H3,(H,16,18)(H,17,19). The summed E-state index contributed by atoms with van der Waals surface area (Å²) in [7, 11) is 0. The zero-order chi connectivity index (χ0) is 15.3. The monoisotopic (exact) mass is 298 g/mol. The van der Waals surface area contributed by atoms with Gasteiger partial charge in [-0.15, -0.1) is 0 Å². The van der Waals surface area contributed by atoms with E-state index in [9.17, 15) is 9.59 Å². The van der Waals surface area contributed by atoms with Crippen molar-refractivity contribution < 1.29 is 19.1 Å². The Morgan fingerprint density at radius 3 is 1.71 bits per heavy atom. The number of carbonyl (C=O) groups excluding carboxylic acids is 2. The second-order valence-electron chi connectivity index (χ2n) is 6.60. The maximum atomic E-state index is 11.9. The lowest BCUT2D eigenvalue weighted by atomic mass is 9.93. The van der Waals surface area contributed by atoms with E-state index in [1.807, 2.05) is 13.8 Å². The van der Waals surface area contributed by atoms with Crippen molar-refractivity contribution in [3.05, 3.63) is 0 Å². The number of rotatable bonds is 6. The number of carbonyl (C=O) groups is 2. The van der Waals surface area contributed by atoms with E-state index in [0.29, 0.717) is 26.3 Å². The van der Waals surface area contributed by atoms with Gasteiger partial charge in [-0.05, 0) is 31.1 Å². The van der Waals surface area contributed by atoms with Gasteiger partial charge in [-0.2, -0.15) is 0 Å². The van der Waals surface area contributed by atoms with Crippen LogP contribution in [0, 0.1) is 5.41 Å². The van der Waals surface area contributed by atoms with Gasteiger partial charge < -0.3 is 20.1 Å². The molecule has 2 N–H and O–H groups in total. The van der Waals surface area contributed by atoms with Crippen LogP contribution in [0.3, 0.4) is 0 Å². The van der Waals surface area contributed by atoms with Crippen molar-refractivity contribution >= 4 is 11.8 Å². The molecule has 0 aromatic heterocycles. The van der Waals surface area contributed by atoms with Crippen molar-refractivity contribution in [3.8, 4) is 0 Å². The van der Waals surface area contributed by atoms with Gasteiger partial charge >= 0.3 is 0 Å². The minimum Gasteiger partial charge on any atom is -0.368 e. The SMILES string of the molecule is CC(C)(CNC(=O)C1CCCO1)CNC(=O)C1CCCO1. The summed E-state index contributed by atoms with van der Waals surface area (Å²) >= 11 is 0. The molecule has 2 atom stereocenters. The first-order valence-electron chi connectivity index (χ1n) is 7.77. The summed E-state index contributed by atoms with van der Waals surface area (Å²) in [6.07, 6.45) is 2.87. The molecule has 2 aliphatic heterocycles. The van der Waals surface area contributed by atoms with Gasteiger partial charge in [-0.25, -0.2) is 0 Å². The van der Waals surface area contributed by atoms with Gasteiger partial charge in [0.2, 0.25) is 11.8 Å². The van der Waals surface area contributed by atoms with E-state index in [2.05, 4.69) is 10.6 Å². The fourth-order valence-electron chi connectivity index (χ4n) is 2.51. The van der Waals surface area contributed by atoms with Gasteiger partial charge in [0, 0.05) is 26.3 Å². The van der Waals surface area contributed by atoms with Gasteiger partial charge in [0.1, 0.15) is 12.2 Å². The van der Waals surface area contributed by atoms with E-state index >= 15 is 0 Å². The molecule has 2 unspecified atom stereocenters. The van der Waals surface area contributed by atoms with E-state index in [-0.39, 0.29) is 29.4 Å². The van der Waals surface area contributed by atoms with Crippen molar-refractivity contribution in [3.63, 3.8) is 0 Å². The first kappa shape index (κ1) is 16.2. The molecule has 0 spiro atoms. The van der Waals surface area contributed by atoms with E-state index in [1.54, 1.807) is 0 Å². The molecule has 6 heteroatoms. The van der Waals surface area contributed by atoms with Crippen molar-refractivity contribution in [2.45, 2.75) is 51.7 Å². The number of hydrogen-bond donors (Lipinski definition) is 2. The molecule has 0 radical (unpaired) electrons. The second kappa shape index (κ2) is 7.22. The Morgan fingerprint density at radius 2 is 1.38 bits per heavy atom. The van der Waals surface area contributed by atoms with Crippen LogP contribution in [0.15, 0.2) is 0 Å². The molecule has 6 nitrogen and oxygen atoms in total. The molecule has 0 saturated carbocycles. The molecule has 2 fully saturated rings. The third-order valence-corrected chi connectivity index (χ3v) is 3.93. The summed E-state index contributed by atoms with van der Waals surface area (Å²) in [5.41, 5.74) is -0.206.